The van der Waals surface area contributed by atoms with Gasteiger partial charge >= 0.3 is 0 Å². The third-order valence-corrected chi connectivity index (χ3v) is 3.29. The Labute approximate surface area is 98.4 Å². The van der Waals surface area contributed by atoms with Crippen molar-refractivity contribution in [1.82, 2.24) is 9.97 Å². The first-order chi connectivity index (χ1) is 7.68. The summed E-state index contributed by atoms with van der Waals surface area (Å²) >= 11 is 5.85. The second kappa shape index (κ2) is 4.84. The van der Waals surface area contributed by atoms with Gasteiger partial charge in [0.05, 0.1) is 6.33 Å². The summed E-state index contributed by atoms with van der Waals surface area (Å²) in [6.45, 7) is 0. The topological polar surface area (TPSA) is 83.8 Å². The Kier molecular flexibility index (Phi) is 3.46. The van der Waals surface area contributed by atoms with E-state index in [4.69, 9.17) is 17.3 Å². The number of rotatable bonds is 2. The van der Waals surface area contributed by atoms with Gasteiger partial charge in [0.2, 0.25) is 0 Å². The molecule has 1 aromatic rings. The van der Waals surface area contributed by atoms with Gasteiger partial charge in [-0.05, 0) is 12.8 Å². The minimum absolute atomic E-state index is 0.0975. The van der Waals surface area contributed by atoms with Crippen LogP contribution in [0.1, 0.15) is 25.7 Å². The number of aromatic nitrogens is 2. The highest BCUT2D eigenvalue weighted by atomic mass is 35.5. The predicted octanol–water partition coefficient (Wildman–Crippen LogP) is 1.11. The lowest BCUT2D eigenvalue weighted by Gasteiger charge is -2.29. The maximum Gasteiger partial charge on any atom is 0.271 e. The zero-order valence-corrected chi connectivity index (χ0v) is 9.63. The lowest BCUT2D eigenvalue weighted by Crippen LogP contribution is -2.43. The van der Waals surface area contributed by atoms with Crippen molar-refractivity contribution in [3.8, 4) is 0 Å². The van der Waals surface area contributed by atoms with E-state index < -0.39 is 0 Å². The fraction of sp³-hybridized carbons (Fsp3) is 0.600. The number of halogens is 1. The van der Waals surface area contributed by atoms with Crippen LogP contribution >= 0.6 is 11.6 Å². The zero-order chi connectivity index (χ0) is 11.5. The predicted molar refractivity (Wildman–Crippen MR) is 63.7 cm³/mol. The molecule has 1 aliphatic rings. The summed E-state index contributed by atoms with van der Waals surface area (Å²) in [6.07, 6.45) is 5.64. The molecule has 0 spiro atoms. The molecular weight excluding hydrogens is 228 g/mol. The van der Waals surface area contributed by atoms with Crippen LogP contribution in [0.3, 0.4) is 0 Å². The van der Waals surface area contributed by atoms with Crippen LogP contribution in [0.2, 0.25) is 5.02 Å². The average molecular weight is 243 g/mol. The molecule has 0 radical (unpaired) electrons. The number of hydrogen-bond acceptors (Lipinski definition) is 4. The molecule has 88 valence electrons. The second-order valence-electron chi connectivity index (χ2n) is 4.09. The molecule has 2 rings (SSSR count). The molecular formula is C10H15ClN4O. The summed E-state index contributed by atoms with van der Waals surface area (Å²) in [5.41, 5.74) is 5.67. The summed E-state index contributed by atoms with van der Waals surface area (Å²) in [4.78, 5) is 17.7. The first-order valence-corrected chi connectivity index (χ1v) is 5.81. The smallest absolute Gasteiger partial charge is 0.271 e. The van der Waals surface area contributed by atoms with Crippen LogP contribution in [-0.4, -0.2) is 22.1 Å². The standard InChI is InChI=1S/C10H15ClN4O/c11-8-9(13-5-14-10(8)16)15-7-4-2-1-3-6(7)12/h5-7H,1-4,12H2,(H2,13,14,15,16)/t6-,7-/m1/s1. The molecule has 1 aliphatic carbocycles. The molecule has 1 heterocycles. The third kappa shape index (κ3) is 2.36. The SMILES string of the molecule is N[C@@H]1CCCC[C@H]1Nc1nc[nH]c(=O)c1Cl. The third-order valence-electron chi connectivity index (χ3n) is 2.94. The molecule has 5 nitrogen and oxygen atoms in total. The molecule has 1 saturated carbocycles. The molecule has 0 aromatic carbocycles. The molecule has 1 fully saturated rings. The molecule has 0 amide bonds. The lowest BCUT2D eigenvalue weighted by molar-refractivity contribution is 0.403. The Morgan fingerprint density at radius 3 is 3.00 bits per heavy atom. The molecule has 1 aromatic heterocycles. The van der Waals surface area contributed by atoms with E-state index in [1.165, 1.54) is 6.33 Å². The van der Waals surface area contributed by atoms with Gasteiger partial charge in [-0.2, -0.15) is 0 Å². The van der Waals surface area contributed by atoms with Crippen molar-refractivity contribution in [3.05, 3.63) is 21.7 Å². The number of aromatic amines is 1. The van der Waals surface area contributed by atoms with Crippen molar-refractivity contribution in [2.24, 2.45) is 5.73 Å². The highest BCUT2D eigenvalue weighted by molar-refractivity contribution is 6.32. The van der Waals surface area contributed by atoms with Gasteiger partial charge in [0.1, 0.15) is 5.02 Å². The first kappa shape index (κ1) is 11.4. The lowest BCUT2D eigenvalue weighted by atomic mass is 9.91. The summed E-state index contributed by atoms with van der Waals surface area (Å²) in [5, 5.41) is 3.25. The maximum absolute atomic E-state index is 11.3. The fourth-order valence-corrected chi connectivity index (χ4v) is 2.16. The van der Waals surface area contributed by atoms with E-state index in [9.17, 15) is 4.79 Å². The average Bonchev–Trinajstić information content (AvgIpc) is 2.28. The summed E-state index contributed by atoms with van der Waals surface area (Å²) < 4.78 is 0. The molecule has 4 N–H and O–H groups in total. The van der Waals surface area contributed by atoms with E-state index in [0.717, 1.165) is 25.7 Å². The van der Waals surface area contributed by atoms with E-state index in [1.54, 1.807) is 0 Å². The van der Waals surface area contributed by atoms with Gasteiger partial charge < -0.3 is 16.0 Å². The highest BCUT2D eigenvalue weighted by Crippen LogP contribution is 2.22. The minimum atomic E-state index is -0.330. The van der Waals surface area contributed by atoms with Crippen LogP contribution in [0.15, 0.2) is 11.1 Å². The normalized spacial score (nSPS) is 25.4. The number of nitrogens with two attached hydrogens (primary N) is 1. The van der Waals surface area contributed by atoms with Gasteiger partial charge in [-0.15, -0.1) is 0 Å². The number of nitrogens with one attached hydrogen (secondary N) is 2. The Bertz CT molecular complexity index is 420. The van der Waals surface area contributed by atoms with Gasteiger partial charge in [0, 0.05) is 12.1 Å². The highest BCUT2D eigenvalue weighted by Gasteiger charge is 2.22. The van der Waals surface area contributed by atoms with E-state index in [0.29, 0.717) is 5.82 Å². The minimum Gasteiger partial charge on any atom is -0.364 e. The van der Waals surface area contributed by atoms with Crippen molar-refractivity contribution >= 4 is 17.4 Å². The van der Waals surface area contributed by atoms with Crippen molar-refractivity contribution < 1.29 is 0 Å². The molecule has 0 unspecified atom stereocenters. The van der Waals surface area contributed by atoms with Crippen molar-refractivity contribution in [2.45, 2.75) is 37.8 Å². The molecule has 0 saturated heterocycles. The van der Waals surface area contributed by atoms with E-state index in [1.807, 2.05) is 0 Å². The quantitative estimate of drug-likeness (QED) is 0.725. The van der Waals surface area contributed by atoms with Crippen molar-refractivity contribution in [3.63, 3.8) is 0 Å². The van der Waals surface area contributed by atoms with Gasteiger partial charge in [0.25, 0.3) is 5.56 Å². The van der Waals surface area contributed by atoms with Crippen molar-refractivity contribution in [1.29, 1.82) is 0 Å². The van der Waals surface area contributed by atoms with E-state index in [-0.39, 0.29) is 22.7 Å². The van der Waals surface area contributed by atoms with Crippen LogP contribution < -0.4 is 16.6 Å². The molecule has 0 bridgehead atoms. The zero-order valence-electron chi connectivity index (χ0n) is 8.87. The van der Waals surface area contributed by atoms with Gasteiger partial charge in [-0.3, -0.25) is 4.79 Å². The number of nitrogens with zero attached hydrogens (tertiary/aromatic N) is 1. The Hall–Kier alpha value is -1.07. The summed E-state index contributed by atoms with van der Waals surface area (Å²) in [7, 11) is 0. The number of hydrogen-bond donors (Lipinski definition) is 3. The maximum atomic E-state index is 11.3. The van der Waals surface area contributed by atoms with Gasteiger partial charge in [-0.1, -0.05) is 24.4 Å². The Balaban J connectivity index is 2.14. The number of H-pyrrole nitrogens is 1. The van der Waals surface area contributed by atoms with Gasteiger partial charge in [0.15, 0.2) is 5.82 Å². The van der Waals surface area contributed by atoms with Crippen LogP contribution in [0.25, 0.3) is 0 Å². The molecule has 0 aliphatic heterocycles. The Morgan fingerprint density at radius 2 is 2.25 bits per heavy atom. The van der Waals surface area contributed by atoms with Gasteiger partial charge in [-0.25, -0.2) is 4.98 Å². The van der Waals surface area contributed by atoms with E-state index >= 15 is 0 Å². The monoisotopic (exact) mass is 242 g/mol. The van der Waals surface area contributed by atoms with Crippen molar-refractivity contribution in [2.75, 3.05) is 5.32 Å². The Morgan fingerprint density at radius 1 is 1.50 bits per heavy atom. The summed E-state index contributed by atoms with van der Waals surface area (Å²) in [5.74, 6) is 0.424. The van der Waals surface area contributed by atoms with Crippen LogP contribution in [0, 0.1) is 0 Å². The molecule has 6 heteroatoms. The van der Waals surface area contributed by atoms with Crippen LogP contribution in [-0.2, 0) is 0 Å². The fourth-order valence-electron chi connectivity index (χ4n) is 2.00. The first-order valence-electron chi connectivity index (χ1n) is 5.44. The number of anilines is 1. The van der Waals surface area contributed by atoms with E-state index in [2.05, 4.69) is 15.3 Å². The molecule has 2 atom stereocenters. The van der Waals surface area contributed by atoms with Crippen LogP contribution in [0.5, 0.6) is 0 Å². The summed E-state index contributed by atoms with van der Waals surface area (Å²) in [6, 6.07) is 0.256. The van der Waals surface area contributed by atoms with Crippen LogP contribution in [0.4, 0.5) is 5.82 Å². The largest absolute Gasteiger partial charge is 0.364 e. The second-order valence-corrected chi connectivity index (χ2v) is 4.47. The molecule has 16 heavy (non-hydrogen) atoms.